The van der Waals surface area contributed by atoms with Gasteiger partial charge in [0.05, 0.1) is 19.3 Å². The van der Waals surface area contributed by atoms with E-state index in [0.717, 1.165) is 26.3 Å². The smallest absolute Gasteiger partial charge is 0.319 e. The van der Waals surface area contributed by atoms with Crippen LogP contribution in [-0.2, 0) is 4.74 Å². The Morgan fingerprint density at radius 1 is 1.24 bits per heavy atom. The lowest BCUT2D eigenvalue weighted by Crippen LogP contribution is -2.49. The molecule has 0 radical (unpaired) electrons. The second kappa shape index (κ2) is 8.67. The summed E-state index contributed by atoms with van der Waals surface area (Å²) in [5.74, 6) is 0. The minimum atomic E-state index is -0.218. The van der Waals surface area contributed by atoms with E-state index < -0.39 is 0 Å². The molecule has 2 amide bonds. The lowest BCUT2D eigenvalue weighted by Gasteiger charge is -2.37. The first-order valence-electron chi connectivity index (χ1n) is 8.32. The molecule has 1 aromatic heterocycles. The van der Waals surface area contributed by atoms with Gasteiger partial charge in [0.15, 0.2) is 0 Å². The molecular weight excluding hydrogens is 358 g/mol. The summed E-state index contributed by atoms with van der Waals surface area (Å²) in [5.41, 5.74) is 0.716. The summed E-state index contributed by atoms with van der Waals surface area (Å²) < 4.78 is 5.47. The van der Waals surface area contributed by atoms with Crippen molar-refractivity contribution in [2.75, 3.05) is 31.6 Å². The van der Waals surface area contributed by atoms with Gasteiger partial charge in [0.25, 0.3) is 0 Å². The van der Waals surface area contributed by atoms with Crippen LogP contribution in [0.15, 0.2) is 41.8 Å². The van der Waals surface area contributed by atoms with Crippen molar-refractivity contribution < 1.29 is 9.53 Å². The minimum absolute atomic E-state index is 0.0379. The van der Waals surface area contributed by atoms with Crippen LogP contribution < -0.4 is 10.6 Å². The van der Waals surface area contributed by atoms with E-state index in [1.807, 2.05) is 13.0 Å². The molecule has 2 atom stereocenters. The van der Waals surface area contributed by atoms with Gasteiger partial charge in [0, 0.05) is 34.7 Å². The average molecular weight is 380 g/mol. The molecule has 134 valence electrons. The number of hydrogen-bond donors (Lipinski definition) is 2. The number of urea groups is 1. The normalized spacial score (nSPS) is 17.7. The zero-order chi connectivity index (χ0) is 17.6. The van der Waals surface area contributed by atoms with Crippen molar-refractivity contribution in [1.82, 2.24) is 10.2 Å². The molecule has 3 rings (SSSR count). The first-order chi connectivity index (χ1) is 12.1. The van der Waals surface area contributed by atoms with Gasteiger partial charge in [-0.1, -0.05) is 17.7 Å². The van der Waals surface area contributed by atoms with Gasteiger partial charge in [-0.25, -0.2) is 4.79 Å². The maximum Gasteiger partial charge on any atom is 0.319 e. The topological polar surface area (TPSA) is 53.6 Å². The quantitative estimate of drug-likeness (QED) is 0.826. The summed E-state index contributed by atoms with van der Waals surface area (Å²) in [4.78, 5) is 16.0. The van der Waals surface area contributed by atoms with Crippen LogP contribution in [0.25, 0.3) is 0 Å². The van der Waals surface area contributed by atoms with Gasteiger partial charge in [0.2, 0.25) is 0 Å². The van der Waals surface area contributed by atoms with Crippen molar-refractivity contribution in [3.8, 4) is 0 Å². The van der Waals surface area contributed by atoms with Gasteiger partial charge in [-0.3, -0.25) is 4.90 Å². The number of ether oxygens (including phenoxy) is 1. The number of morpholine rings is 1. The number of thiophene rings is 1. The summed E-state index contributed by atoms with van der Waals surface area (Å²) in [6, 6.07) is 11.1. The molecule has 0 saturated carbocycles. The fraction of sp³-hybridized carbons (Fsp3) is 0.389. The molecule has 2 N–H and O–H groups in total. The minimum Gasteiger partial charge on any atom is -0.379 e. The number of anilines is 1. The molecule has 0 aliphatic carbocycles. The number of amides is 2. The van der Waals surface area contributed by atoms with E-state index in [2.05, 4.69) is 27.0 Å². The maximum absolute atomic E-state index is 12.4. The van der Waals surface area contributed by atoms with Crippen molar-refractivity contribution in [3.05, 3.63) is 51.7 Å². The van der Waals surface area contributed by atoms with Gasteiger partial charge >= 0.3 is 6.03 Å². The number of hydrogen-bond acceptors (Lipinski definition) is 4. The third kappa shape index (κ3) is 4.95. The summed E-state index contributed by atoms with van der Waals surface area (Å²) in [7, 11) is 0. The molecule has 1 aromatic carbocycles. The lowest BCUT2D eigenvalue weighted by atomic mass is 10.1. The van der Waals surface area contributed by atoms with E-state index in [9.17, 15) is 4.79 Å². The van der Waals surface area contributed by atoms with E-state index in [4.69, 9.17) is 16.3 Å². The number of nitrogens with one attached hydrogen (secondary N) is 2. The Labute approximate surface area is 156 Å². The van der Waals surface area contributed by atoms with Gasteiger partial charge in [-0.2, -0.15) is 0 Å². The molecule has 2 aromatic rings. The van der Waals surface area contributed by atoms with E-state index >= 15 is 0 Å². The number of benzene rings is 1. The van der Waals surface area contributed by atoms with Crippen LogP contribution in [-0.4, -0.2) is 43.3 Å². The number of carbonyl (C=O) groups excluding carboxylic acids is 1. The molecule has 7 heteroatoms. The Hall–Kier alpha value is -1.60. The van der Waals surface area contributed by atoms with Crippen LogP contribution in [0.1, 0.15) is 17.8 Å². The van der Waals surface area contributed by atoms with Crippen LogP contribution >= 0.6 is 22.9 Å². The second-order valence-electron chi connectivity index (χ2n) is 6.00. The van der Waals surface area contributed by atoms with Crippen molar-refractivity contribution in [3.63, 3.8) is 0 Å². The molecule has 0 spiro atoms. The fourth-order valence-electron chi connectivity index (χ4n) is 3.04. The molecule has 1 aliphatic rings. The Morgan fingerprint density at radius 3 is 2.60 bits per heavy atom. The highest BCUT2D eigenvalue weighted by molar-refractivity contribution is 7.10. The van der Waals surface area contributed by atoms with E-state index in [1.54, 1.807) is 35.6 Å². The molecule has 0 unspecified atom stereocenters. The second-order valence-corrected chi connectivity index (χ2v) is 7.42. The number of carbonyl (C=O) groups is 1. The predicted molar refractivity (Wildman–Crippen MR) is 103 cm³/mol. The van der Waals surface area contributed by atoms with Crippen molar-refractivity contribution in [1.29, 1.82) is 0 Å². The summed E-state index contributed by atoms with van der Waals surface area (Å²) in [6.45, 7) is 5.24. The van der Waals surface area contributed by atoms with Crippen molar-refractivity contribution in [2.24, 2.45) is 0 Å². The highest BCUT2D eigenvalue weighted by Gasteiger charge is 2.29. The van der Waals surface area contributed by atoms with Gasteiger partial charge < -0.3 is 15.4 Å². The fourth-order valence-corrected chi connectivity index (χ4v) is 4.13. The summed E-state index contributed by atoms with van der Waals surface area (Å²) in [5, 5.41) is 8.64. The number of halogens is 1. The SMILES string of the molecule is C[C@@H](NC(=O)Nc1ccc(Cl)cc1)[C@@H](c1cccs1)N1CCOCC1. The zero-order valence-corrected chi connectivity index (χ0v) is 15.6. The number of rotatable bonds is 5. The molecule has 25 heavy (non-hydrogen) atoms. The van der Waals surface area contributed by atoms with Crippen LogP contribution in [0, 0.1) is 0 Å². The standard InChI is InChI=1S/C18H22ClN3O2S/c1-13(20-18(23)21-15-6-4-14(19)5-7-15)17(16-3-2-12-25-16)22-8-10-24-11-9-22/h2-7,12-13,17H,8-11H2,1H3,(H2,20,21,23)/t13-,17+/m1/s1. The number of nitrogens with zero attached hydrogens (tertiary/aromatic N) is 1. The van der Waals surface area contributed by atoms with Gasteiger partial charge in [-0.15, -0.1) is 11.3 Å². The summed E-state index contributed by atoms with van der Waals surface area (Å²) in [6.07, 6.45) is 0. The van der Waals surface area contributed by atoms with Crippen LogP contribution in [0.2, 0.25) is 5.02 Å². The molecule has 1 fully saturated rings. The molecule has 0 bridgehead atoms. The first-order valence-corrected chi connectivity index (χ1v) is 9.57. The Kier molecular flexibility index (Phi) is 6.31. The Bertz CT molecular complexity index is 672. The molecule has 5 nitrogen and oxygen atoms in total. The van der Waals surface area contributed by atoms with Crippen LogP contribution in [0.5, 0.6) is 0 Å². The Morgan fingerprint density at radius 2 is 1.96 bits per heavy atom. The third-order valence-electron chi connectivity index (χ3n) is 4.21. The molecular formula is C18H22ClN3O2S. The monoisotopic (exact) mass is 379 g/mol. The molecule has 1 aliphatic heterocycles. The summed E-state index contributed by atoms with van der Waals surface area (Å²) >= 11 is 7.59. The predicted octanol–water partition coefficient (Wildman–Crippen LogP) is 3.99. The molecule has 2 heterocycles. The average Bonchev–Trinajstić information content (AvgIpc) is 3.12. The van der Waals surface area contributed by atoms with E-state index in [0.29, 0.717) is 10.7 Å². The van der Waals surface area contributed by atoms with Crippen molar-refractivity contribution in [2.45, 2.75) is 19.0 Å². The zero-order valence-electron chi connectivity index (χ0n) is 14.1. The third-order valence-corrected chi connectivity index (χ3v) is 5.40. The lowest BCUT2D eigenvalue weighted by molar-refractivity contribution is 0.0106. The van der Waals surface area contributed by atoms with E-state index in [1.165, 1.54) is 4.88 Å². The largest absolute Gasteiger partial charge is 0.379 e. The van der Waals surface area contributed by atoms with Gasteiger partial charge in [-0.05, 0) is 42.6 Å². The first kappa shape index (κ1) is 18.2. The van der Waals surface area contributed by atoms with Crippen molar-refractivity contribution >= 4 is 34.7 Å². The van der Waals surface area contributed by atoms with E-state index in [-0.39, 0.29) is 18.1 Å². The highest BCUT2D eigenvalue weighted by atomic mass is 35.5. The maximum atomic E-state index is 12.4. The van der Waals surface area contributed by atoms with Crippen LogP contribution in [0.4, 0.5) is 10.5 Å². The highest BCUT2D eigenvalue weighted by Crippen LogP contribution is 2.29. The molecule has 1 saturated heterocycles. The van der Waals surface area contributed by atoms with Crippen LogP contribution in [0.3, 0.4) is 0 Å². The Balaban J connectivity index is 1.66. The van der Waals surface area contributed by atoms with Gasteiger partial charge in [0.1, 0.15) is 0 Å².